The Kier molecular flexibility index (Phi) is 4.58. The second-order valence-corrected chi connectivity index (χ2v) is 8.54. The minimum absolute atomic E-state index is 0.0248. The first kappa shape index (κ1) is 17.9. The predicted molar refractivity (Wildman–Crippen MR) is 91.5 cm³/mol. The highest BCUT2D eigenvalue weighted by atomic mass is 35.5. The molecule has 3 rings (SSSR count). The topological polar surface area (TPSA) is 67.2 Å². The summed E-state index contributed by atoms with van der Waals surface area (Å²) in [4.78, 5) is 0.0993. The van der Waals surface area contributed by atoms with E-state index in [1.54, 1.807) is 0 Å². The van der Waals surface area contributed by atoms with Gasteiger partial charge in [0.15, 0.2) is 9.84 Å². The maximum atomic E-state index is 13.2. The van der Waals surface area contributed by atoms with Crippen LogP contribution < -0.4 is 0 Å². The minimum atomic E-state index is -3.79. The molecule has 0 amide bonds. The summed E-state index contributed by atoms with van der Waals surface area (Å²) >= 11 is 5.83. The number of hydrogen-bond acceptors (Lipinski definition) is 4. The Labute approximate surface area is 150 Å². The third-order valence-electron chi connectivity index (χ3n) is 4.55. The second-order valence-electron chi connectivity index (χ2n) is 6.03. The summed E-state index contributed by atoms with van der Waals surface area (Å²) in [6.45, 7) is -0.0248. The van der Waals surface area contributed by atoms with Crippen molar-refractivity contribution in [3.05, 3.63) is 64.9 Å². The van der Waals surface area contributed by atoms with Gasteiger partial charge in [-0.15, -0.1) is 0 Å². The van der Waals surface area contributed by atoms with E-state index in [1.165, 1.54) is 55.6 Å². The van der Waals surface area contributed by atoms with Gasteiger partial charge in [-0.1, -0.05) is 23.7 Å². The summed E-state index contributed by atoms with van der Waals surface area (Å²) in [6.07, 6.45) is 0. The first-order chi connectivity index (χ1) is 11.9. The van der Waals surface area contributed by atoms with E-state index in [2.05, 4.69) is 6.07 Å². The monoisotopic (exact) mass is 379 g/mol. The van der Waals surface area contributed by atoms with Gasteiger partial charge in [0, 0.05) is 18.1 Å². The van der Waals surface area contributed by atoms with Gasteiger partial charge in [-0.05, 0) is 42.0 Å². The van der Waals surface area contributed by atoms with Crippen LogP contribution in [-0.4, -0.2) is 27.4 Å². The lowest BCUT2D eigenvalue weighted by molar-refractivity contribution is 0.162. The highest BCUT2D eigenvalue weighted by Crippen LogP contribution is 2.63. The van der Waals surface area contributed by atoms with E-state index in [0.717, 1.165) is 0 Å². The van der Waals surface area contributed by atoms with E-state index in [-0.39, 0.29) is 11.5 Å². The molecule has 130 valence electrons. The Bertz CT molecular complexity index is 922. The number of benzene rings is 2. The lowest BCUT2D eigenvalue weighted by atomic mass is 10.0. The van der Waals surface area contributed by atoms with E-state index < -0.39 is 32.2 Å². The van der Waals surface area contributed by atoms with Gasteiger partial charge < -0.3 is 4.74 Å². The van der Waals surface area contributed by atoms with E-state index in [0.29, 0.717) is 10.6 Å². The molecule has 1 aliphatic rings. The van der Waals surface area contributed by atoms with Crippen molar-refractivity contribution >= 4 is 21.4 Å². The maximum absolute atomic E-state index is 13.2. The molecule has 4 nitrogen and oxygen atoms in total. The number of nitriles is 1. The van der Waals surface area contributed by atoms with E-state index in [4.69, 9.17) is 16.3 Å². The fraction of sp³-hybridized carbons (Fsp3) is 0.278. The summed E-state index contributed by atoms with van der Waals surface area (Å²) in [5, 5.41) is 9.17. The van der Waals surface area contributed by atoms with E-state index in [9.17, 15) is 18.1 Å². The molecule has 3 unspecified atom stereocenters. The molecule has 1 aliphatic carbocycles. The number of nitrogens with zero attached hydrogens (tertiary/aromatic N) is 1. The Hall–Kier alpha value is -1.94. The van der Waals surface area contributed by atoms with Gasteiger partial charge in [0.1, 0.15) is 11.2 Å². The number of ether oxygens (including phenoxy) is 1. The van der Waals surface area contributed by atoms with Crippen molar-refractivity contribution in [1.29, 1.82) is 5.26 Å². The van der Waals surface area contributed by atoms with E-state index in [1.807, 2.05) is 0 Å². The smallest absolute Gasteiger partial charge is 0.183 e. The van der Waals surface area contributed by atoms with Crippen LogP contribution in [0, 0.1) is 22.6 Å². The summed E-state index contributed by atoms with van der Waals surface area (Å²) in [5.41, 5.74) is -0.604. The van der Waals surface area contributed by atoms with Gasteiger partial charge in [0.25, 0.3) is 0 Å². The molecule has 0 aliphatic heterocycles. The molecule has 0 aromatic heterocycles. The van der Waals surface area contributed by atoms with Gasteiger partial charge >= 0.3 is 0 Å². The van der Waals surface area contributed by atoms with Crippen LogP contribution in [0.2, 0.25) is 5.02 Å². The maximum Gasteiger partial charge on any atom is 0.183 e. The summed E-state index contributed by atoms with van der Waals surface area (Å²) in [5.74, 6) is -1.01. The third-order valence-corrected chi connectivity index (χ3v) is 7.10. The largest absolute Gasteiger partial charge is 0.383 e. The Morgan fingerprint density at radius 3 is 2.32 bits per heavy atom. The number of methoxy groups -OCH3 is 1. The zero-order chi connectivity index (χ0) is 18.2. The highest BCUT2D eigenvalue weighted by molar-refractivity contribution is 7.92. The third kappa shape index (κ3) is 2.93. The van der Waals surface area contributed by atoms with Crippen LogP contribution >= 0.6 is 11.6 Å². The second kappa shape index (κ2) is 6.41. The first-order valence-electron chi connectivity index (χ1n) is 7.52. The van der Waals surface area contributed by atoms with Crippen molar-refractivity contribution in [2.24, 2.45) is 5.41 Å². The molecular formula is C18H15ClFNO3S. The van der Waals surface area contributed by atoms with Crippen LogP contribution in [-0.2, 0) is 14.6 Å². The number of hydrogen-bond donors (Lipinski definition) is 0. The lowest BCUT2D eigenvalue weighted by Crippen LogP contribution is -2.19. The van der Waals surface area contributed by atoms with Gasteiger partial charge in [-0.3, -0.25) is 0 Å². The summed E-state index contributed by atoms with van der Waals surface area (Å²) in [6, 6.07) is 13.5. The molecule has 0 heterocycles. The standard InChI is InChI=1S/C18H15ClFNO3S/c1-24-11-18(10-21)16(12-2-6-14(20)7-3-12)17(18)25(22,23)15-8-4-13(19)5-9-15/h2-9,16-17H,11H2,1H3. The van der Waals surface area contributed by atoms with Crippen LogP contribution in [0.15, 0.2) is 53.4 Å². The number of sulfone groups is 1. The van der Waals surface area contributed by atoms with Crippen molar-refractivity contribution in [3.8, 4) is 6.07 Å². The van der Waals surface area contributed by atoms with Gasteiger partial charge in [0.05, 0.1) is 22.8 Å². The molecule has 1 saturated carbocycles. The number of halogens is 2. The summed E-state index contributed by atoms with van der Waals surface area (Å²) in [7, 11) is -2.37. The molecule has 2 aromatic rings. The molecule has 0 spiro atoms. The Balaban J connectivity index is 2.07. The molecule has 2 aromatic carbocycles. The van der Waals surface area contributed by atoms with Crippen molar-refractivity contribution in [2.45, 2.75) is 16.1 Å². The molecule has 0 saturated heterocycles. The molecule has 0 radical (unpaired) electrons. The van der Waals surface area contributed by atoms with Crippen molar-refractivity contribution in [3.63, 3.8) is 0 Å². The van der Waals surface area contributed by atoms with Gasteiger partial charge in [-0.25, -0.2) is 12.8 Å². The lowest BCUT2D eigenvalue weighted by Gasteiger charge is -2.08. The quantitative estimate of drug-likeness (QED) is 0.796. The van der Waals surface area contributed by atoms with E-state index >= 15 is 0 Å². The van der Waals surface area contributed by atoms with Crippen LogP contribution in [0.1, 0.15) is 11.5 Å². The fourth-order valence-electron chi connectivity index (χ4n) is 3.35. The Morgan fingerprint density at radius 2 is 1.80 bits per heavy atom. The van der Waals surface area contributed by atoms with Gasteiger partial charge in [-0.2, -0.15) is 5.26 Å². The Morgan fingerprint density at radius 1 is 1.20 bits per heavy atom. The zero-order valence-electron chi connectivity index (χ0n) is 13.3. The fourth-order valence-corrected chi connectivity index (χ4v) is 5.79. The molecule has 1 fully saturated rings. The SMILES string of the molecule is COCC1(C#N)C(c2ccc(F)cc2)C1S(=O)(=O)c1ccc(Cl)cc1. The molecule has 25 heavy (non-hydrogen) atoms. The molecule has 0 bridgehead atoms. The van der Waals surface area contributed by atoms with Crippen LogP contribution in [0.4, 0.5) is 4.39 Å². The average Bonchev–Trinajstić information content (AvgIpc) is 3.26. The minimum Gasteiger partial charge on any atom is -0.383 e. The summed E-state index contributed by atoms with van der Waals surface area (Å²) < 4.78 is 44.5. The number of rotatable bonds is 5. The van der Waals surface area contributed by atoms with Crippen molar-refractivity contribution < 1.29 is 17.5 Å². The van der Waals surface area contributed by atoms with Gasteiger partial charge in [0.2, 0.25) is 0 Å². The van der Waals surface area contributed by atoms with Crippen molar-refractivity contribution in [1.82, 2.24) is 0 Å². The molecule has 0 N–H and O–H groups in total. The predicted octanol–water partition coefficient (Wildman–Crippen LogP) is 3.58. The molecular weight excluding hydrogens is 365 g/mol. The molecule has 7 heteroatoms. The van der Waals surface area contributed by atoms with Crippen LogP contribution in [0.25, 0.3) is 0 Å². The van der Waals surface area contributed by atoms with Crippen LogP contribution in [0.5, 0.6) is 0 Å². The average molecular weight is 380 g/mol. The first-order valence-corrected chi connectivity index (χ1v) is 9.44. The zero-order valence-corrected chi connectivity index (χ0v) is 14.9. The normalized spacial score (nSPS) is 25.4. The van der Waals surface area contributed by atoms with Crippen LogP contribution in [0.3, 0.4) is 0 Å². The van der Waals surface area contributed by atoms with Crippen molar-refractivity contribution in [2.75, 3.05) is 13.7 Å². The highest BCUT2D eigenvalue weighted by Gasteiger charge is 2.72. The molecule has 3 atom stereocenters.